The minimum Gasteiger partial charge on any atom is -0.479 e. The van der Waals surface area contributed by atoms with Crippen LogP contribution in [0.1, 0.15) is 252 Å². The fourth-order valence-corrected chi connectivity index (χ4v) is 8.27. The fraction of sp³-hybridized carbons (Fsp3) is 0.825. The lowest BCUT2D eigenvalue weighted by atomic mass is 9.98. The number of hydrogen-bond acceptors (Lipinski definition) is 11. The predicted molar refractivity (Wildman–Crippen MR) is 276 cm³/mol. The summed E-state index contributed by atoms with van der Waals surface area (Å²) in [6.07, 6.45) is 39.9. The van der Waals surface area contributed by atoms with Gasteiger partial charge in [0.05, 0.1) is 6.61 Å². The van der Waals surface area contributed by atoms with Crippen LogP contribution in [0.25, 0.3) is 0 Å². The van der Waals surface area contributed by atoms with Crippen LogP contribution in [0.3, 0.4) is 0 Å². The maximum Gasteiger partial charge on any atom is 0.335 e. The molecule has 69 heavy (non-hydrogen) atoms. The molecular formula is C57H100O12. The first-order valence-electron chi connectivity index (χ1n) is 28.0. The van der Waals surface area contributed by atoms with Gasteiger partial charge in [0, 0.05) is 19.3 Å². The lowest BCUT2D eigenvalue weighted by Crippen LogP contribution is -2.61. The molecule has 0 saturated carbocycles. The van der Waals surface area contributed by atoms with Gasteiger partial charge in [-0.05, 0) is 83.5 Å². The summed E-state index contributed by atoms with van der Waals surface area (Å²) in [5, 5.41) is 31.4. The number of allylic oxidation sites excluding steroid dienone is 6. The molecule has 3 N–H and O–H groups in total. The summed E-state index contributed by atoms with van der Waals surface area (Å²) in [5.41, 5.74) is 0. The van der Waals surface area contributed by atoms with Crippen LogP contribution in [0.5, 0.6) is 0 Å². The van der Waals surface area contributed by atoms with E-state index in [0.717, 1.165) is 109 Å². The molecule has 400 valence electrons. The van der Waals surface area contributed by atoms with E-state index in [1.807, 2.05) is 0 Å². The van der Waals surface area contributed by atoms with Crippen LogP contribution in [0.15, 0.2) is 36.5 Å². The Hall–Kier alpha value is -3.06. The molecule has 1 aliphatic rings. The minimum absolute atomic E-state index is 0.0561. The third-order valence-electron chi connectivity index (χ3n) is 12.7. The molecule has 0 aromatic heterocycles. The third kappa shape index (κ3) is 36.5. The topological polar surface area (TPSA) is 175 Å². The molecule has 1 fully saturated rings. The highest BCUT2D eigenvalue weighted by Gasteiger charge is 2.50. The molecule has 0 amide bonds. The van der Waals surface area contributed by atoms with Gasteiger partial charge >= 0.3 is 23.9 Å². The monoisotopic (exact) mass is 977 g/mol. The van der Waals surface area contributed by atoms with Crippen molar-refractivity contribution in [3.8, 4) is 0 Å². The average molecular weight is 977 g/mol. The lowest BCUT2D eigenvalue weighted by Gasteiger charge is -2.40. The second-order valence-corrected chi connectivity index (χ2v) is 19.2. The summed E-state index contributed by atoms with van der Waals surface area (Å²) in [6.45, 7) is 5.89. The first-order chi connectivity index (χ1) is 33.6. The van der Waals surface area contributed by atoms with Crippen molar-refractivity contribution in [2.75, 3.05) is 13.2 Å². The fourth-order valence-electron chi connectivity index (χ4n) is 8.27. The first kappa shape index (κ1) is 64.0. The van der Waals surface area contributed by atoms with Crippen LogP contribution in [0.4, 0.5) is 0 Å². The van der Waals surface area contributed by atoms with E-state index in [4.69, 9.17) is 23.7 Å². The standard InChI is InChI=1S/C57H100O12/c1-4-7-10-13-16-19-22-23-24-25-26-27-30-33-36-39-42-45-51(60)68-55-53(62)52(61)54(56(63)64)69-57(55)66-47-48(67-50(59)44-41-38-35-32-29-21-18-15-12-9-6-3)46-65-49(58)43-40-37-34-31-28-20-17-14-11-8-5-2/h14-15,17-18,23-24,48,52-55,57,61-62H,4-13,16,19-22,25-47H2,1-3H3,(H,63,64)/b17-14-,18-15-,24-23-. The number of rotatable bonds is 47. The van der Waals surface area contributed by atoms with Crippen LogP contribution in [0.2, 0.25) is 0 Å². The smallest absolute Gasteiger partial charge is 0.335 e. The SMILES string of the molecule is CCCC/C=C\CCCCCCCC(=O)OCC(COC1OC(C(=O)O)C(O)C(O)C1OC(=O)CCCCCCCCC/C=C\CCCCCCCC)OC(=O)CCCCCCC/C=C\CCCC. The number of carboxylic acids is 1. The Morgan fingerprint density at radius 1 is 0.464 bits per heavy atom. The molecule has 6 atom stereocenters. The van der Waals surface area contributed by atoms with E-state index in [1.54, 1.807) is 0 Å². The number of carbonyl (C=O) groups excluding carboxylic acids is 3. The van der Waals surface area contributed by atoms with Gasteiger partial charge in [0.1, 0.15) is 18.8 Å². The van der Waals surface area contributed by atoms with Crippen molar-refractivity contribution in [3.63, 3.8) is 0 Å². The minimum atomic E-state index is -1.90. The molecule has 0 aliphatic carbocycles. The Balaban J connectivity index is 2.69. The molecule has 1 saturated heterocycles. The summed E-state index contributed by atoms with van der Waals surface area (Å²) in [7, 11) is 0. The summed E-state index contributed by atoms with van der Waals surface area (Å²) in [5.74, 6) is -3.14. The number of carbonyl (C=O) groups is 4. The number of aliphatic hydroxyl groups is 2. The largest absolute Gasteiger partial charge is 0.479 e. The van der Waals surface area contributed by atoms with Gasteiger partial charge in [0.15, 0.2) is 24.6 Å². The quantitative estimate of drug-likeness (QED) is 0.0228. The molecule has 1 heterocycles. The van der Waals surface area contributed by atoms with Crippen molar-refractivity contribution in [2.45, 2.75) is 289 Å². The molecule has 0 aromatic carbocycles. The number of aliphatic carboxylic acids is 1. The maximum atomic E-state index is 13.1. The zero-order valence-electron chi connectivity index (χ0n) is 43.8. The molecule has 1 rings (SSSR count). The van der Waals surface area contributed by atoms with Gasteiger partial charge in [-0.25, -0.2) is 4.79 Å². The van der Waals surface area contributed by atoms with Crippen molar-refractivity contribution >= 4 is 23.9 Å². The van der Waals surface area contributed by atoms with Gasteiger partial charge in [0.25, 0.3) is 0 Å². The van der Waals surface area contributed by atoms with Gasteiger partial charge in [-0.2, -0.15) is 0 Å². The van der Waals surface area contributed by atoms with E-state index >= 15 is 0 Å². The highest BCUT2D eigenvalue weighted by Crippen LogP contribution is 2.26. The molecule has 12 heteroatoms. The number of carboxylic acid groups (broad SMARTS) is 1. The normalized spacial score (nSPS) is 18.9. The van der Waals surface area contributed by atoms with Crippen molar-refractivity contribution in [1.82, 2.24) is 0 Å². The molecule has 1 aliphatic heterocycles. The summed E-state index contributed by atoms with van der Waals surface area (Å²) in [6, 6.07) is 0. The van der Waals surface area contributed by atoms with E-state index < -0.39 is 67.3 Å². The zero-order chi connectivity index (χ0) is 50.4. The van der Waals surface area contributed by atoms with Crippen LogP contribution in [-0.2, 0) is 42.9 Å². The third-order valence-corrected chi connectivity index (χ3v) is 12.7. The van der Waals surface area contributed by atoms with Crippen molar-refractivity contribution in [1.29, 1.82) is 0 Å². The second-order valence-electron chi connectivity index (χ2n) is 19.2. The highest BCUT2D eigenvalue weighted by molar-refractivity contribution is 5.74. The van der Waals surface area contributed by atoms with Gasteiger partial charge in [-0.1, -0.05) is 186 Å². The molecule has 0 bridgehead atoms. The Labute approximate surface area is 419 Å². The van der Waals surface area contributed by atoms with Crippen LogP contribution in [0, 0.1) is 0 Å². The lowest BCUT2D eigenvalue weighted by molar-refractivity contribution is -0.301. The maximum absolute atomic E-state index is 13.1. The summed E-state index contributed by atoms with van der Waals surface area (Å²) in [4.78, 5) is 50.9. The molecule has 12 nitrogen and oxygen atoms in total. The Kier molecular flexibility index (Phi) is 42.7. The van der Waals surface area contributed by atoms with E-state index in [-0.39, 0.29) is 25.9 Å². The van der Waals surface area contributed by atoms with Crippen molar-refractivity contribution < 1.29 is 58.2 Å². The van der Waals surface area contributed by atoms with Crippen molar-refractivity contribution in [3.05, 3.63) is 36.5 Å². The van der Waals surface area contributed by atoms with Gasteiger partial charge in [-0.15, -0.1) is 0 Å². The number of esters is 3. The Bertz CT molecular complexity index is 1350. The first-order valence-corrected chi connectivity index (χ1v) is 28.0. The van der Waals surface area contributed by atoms with Crippen LogP contribution < -0.4 is 0 Å². The Morgan fingerprint density at radius 2 is 0.841 bits per heavy atom. The Morgan fingerprint density at radius 3 is 1.28 bits per heavy atom. The van der Waals surface area contributed by atoms with Gasteiger partial charge in [-0.3, -0.25) is 14.4 Å². The molecule has 6 unspecified atom stereocenters. The van der Waals surface area contributed by atoms with Crippen LogP contribution in [-0.4, -0.2) is 89.2 Å². The number of hydrogen-bond donors (Lipinski definition) is 3. The predicted octanol–water partition coefficient (Wildman–Crippen LogP) is 13.7. The highest BCUT2D eigenvalue weighted by atomic mass is 16.7. The van der Waals surface area contributed by atoms with E-state index in [1.165, 1.54) is 83.5 Å². The molecule has 0 aromatic rings. The second kappa shape index (κ2) is 46.0. The van der Waals surface area contributed by atoms with Crippen molar-refractivity contribution in [2.24, 2.45) is 0 Å². The number of unbranched alkanes of at least 4 members (excludes halogenated alkanes) is 27. The number of aliphatic hydroxyl groups excluding tert-OH is 2. The van der Waals surface area contributed by atoms with E-state index in [9.17, 15) is 34.5 Å². The van der Waals surface area contributed by atoms with E-state index in [2.05, 4.69) is 57.2 Å². The molecular weight excluding hydrogens is 877 g/mol. The van der Waals surface area contributed by atoms with Gasteiger partial charge in [0.2, 0.25) is 0 Å². The average Bonchev–Trinajstić information content (AvgIpc) is 3.33. The van der Waals surface area contributed by atoms with Gasteiger partial charge < -0.3 is 39.0 Å². The molecule has 0 radical (unpaired) electrons. The molecule has 0 spiro atoms. The van der Waals surface area contributed by atoms with Crippen LogP contribution >= 0.6 is 0 Å². The zero-order valence-corrected chi connectivity index (χ0v) is 43.8. The summed E-state index contributed by atoms with van der Waals surface area (Å²) >= 11 is 0. The van der Waals surface area contributed by atoms with E-state index in [0.29, 0.717) is 19.3 Å². The summed E-state index contributed by atoms with van der Waals surface area (Å²) < 4.78 is 28.3. The number of ether oxygens (including phenoxy) is 5.